The largest absolute Gasteiger partial charge is 0.447 e. The number of nitrogens with one attached hydrogen (secondary N) is 2. The summed E-state index contributed by atoms with van der Waals surface area (Å²) in [6.45, 7) is 2.51. The molecule has 2 atom stereocenters. The SMILES string of the molecule is COCCOC(=O)NC1CCCCC(N2CCC3(CC2)C(=O)Nc2ccccc23)C1. The van der Waals surface area contributed by atoms with Crippen LogP contribution in [-0.2, 0) is 19.7 Å². The molecule has 0 radical (unpaired) electrons. The second-order valence-corrected chi connectivity index (χ2v) is 8.76. The molecule has 1 aliphatic carbocycles. The van der Waals surface area contributed by atoms with Gasteiger partial charge in [0.05, 0.1) is 12.0 Å². The van der Waals surface area contributed by atoms with E-state index >= 15 is 0 Å². The standard InChI is InChI=1S/C23H33N3O4/c1-29-14-15-30-22(28)24-17-6-2-3-7-18(16-17)26-12-10-23(11-13-26)19-8-4-5-9-20(19)25-21(23)27/h4-5,8-9,17-18H,2-3,6-7,10-16H2,1H3,(H,24,28)(H,25,27). The Bertz CT molecular complexity index is 761. The molecule has 2 N–H and O–H groups in total. The normalized spacial score (nSPS) is 26.0. The number of benzene rings is 1. The Morgan fingerprint density at radius 2 is 1.97 bits per heavy atom. The van der Waals surface area contributed by atoms with Gasteiger partial charge in [-0.1, -0.05) is 31.0 Å². The quantitative estimate of drug-likeness (QED) is 0.571. The molecule has 3 aliphatic rings. The number of para-hydroxylation sites is 1. The van der Waals surface area contributed by atoms with Crippen LogP contribution in [0.25, 0.3) is 0 Å². The maximum Gasteiger partial charge on any atom is 0.407 e. The molecule has 2 heterocycles. The fourth-order valence-corrected chi connectivity index (χ4v) is 5.36. The van der Waals surface area contributed by atoms with E-state index in [1.807, 2.05) is 18.2 Å². The Morgan fingerprint density at radius 1 is 1.20 bits per heavy atom. The first-order valence-corrected chi connectivity index (χ1v) is 11.2. The van der Waals surface area contributed by atoms with Crippen molar-refractivity contribution in [2.24, 2.45) is 0 Å². The Labute approximate surface area is 178 Å². The van der Waals surface area contributed by atoms with E-state index in [0.717, 1.165) is 62.9 Å². The molecule has 2 amide bonds. The molecule has 2 unspecified atom stereocenters. The number of ether oxygens (including phenoxy) is 2. The number of methoxy groups -OCH3 is 1. The molecule has 2 fully saturated rings. The topological polar surface area (TPSA) is 79.9 Å². The van der Waals surface area contributed by atoms with Gasteiger partial charge in [-0.25, -0.2) is 4.79 Å². The third kappa shape index (κ3) is 4.32. The number of nitrogens with zero attached hydrogens (tertiary/aromatic N) is 1. The highest BCUT2D eigenvalue weighted by atomic mass is 16.6. The van der Waals surface area contributed by atoms with Gasteiger partial charge in [0, 0.05) is 24.9 Å². The molecule has 1 aromatic rings. The Balaban J connectivity index is 1.35. The smallest absolute Gasteiger partial charge is 0.407 e. The van der Waals surface area contributed by atoms with Gasteiger partial charge in [0.15, 0.2) is 0 Å². The maximum absolute atomic E-state index is 12.8. The molecule has 1 saturated carbocycles. The van der Waals surface area contributed by atoms with Crippen LogP contribution in [0.1, 0.15) is 50.5 Å². The van der Waals surface area contributed by atoms with Crippen molar-refractivity contribution in [3.63, 3.8) is 0 Å². The highest BCUT2D eigenvalue weighted by molar-refractivity contribution is 6.06. The summed E-state index contributed by atoms with van der Waals surface area (Å²) in [5, 5.41) is 6.13. The lowest BCUT2D eigenvalue weighted by Crippen LogP contribution is -2.51. The number of carbonyl (C=O) groups excluding carboxylic acids is 2. The number of piperidine rings is 1. The van der Waals surface area contributed by atoms with Crippen molar-refractivity contribution in [3.8, 4) is 0 Å². The first-order valence-electron chi connectivity index (χ1n) is 11.2. The van der Waals surface area contributed by atoms with E-state index in [0.29, 0.717) is 12.6 Å². The van der Waals surface area contributed by atoms with E-state index in [9.17, 15) is 9.59 Å². The molecule has 7 nitrogen and oxygen atoms in total. The third-order valence-electron chi connectivity index (χ3n) is 7.03. The monoisotopic (exact) mass is 415 g/mol. The number of amides is 2. The average molecular weight is 416 g/mol. The second kappa shape index (κ2) is 9.35. The van der Waals surface area contributed by atoms with Crippen molar-refractivity contribution in [2.75, 3.05) is 38.7 Å². The highest BCUT2D eigenvalue weighted by Crippen LogP contribution is 2.45. The highest BCUT2D eigenvalue weighted by Gasteiger charge is 2.48. The maximum atomic E-state index is 12.8. The molecule has 1 aromatic carbocycles. The van der Waals surface area contributed by atoms with E-state index in [-0.39, 0.29) is 30.1 Å². The van der Waals surface area contributed by atoms with Crippen LogP contribution in [0.4, 0.5) is 10.5 Å². The lowest BCUT2D eigenvalue weighted by atomic mass is 9.73. The predicted octanol–water partition coefficient (Wildman–Crippen LogP) is 3.05. The third-order valence-corrected chi connectivity index (χ3v) is 7.03. The molecule has 2 aliphatic heterocycles. The average Bonchev–Trinajstić information content (AvgIpc) is 2.89. The van der Waals surface area contributed by atoms with Crippen LogP contribution >= 0.6 is 0 Å². The first-order chi connectivity index (χ1) is 14.6. The molecular formula is C23H33N3O4. The van der Waals surface area contributed by atoms with E-state index in [1.165, 1.54) is 6.42 Å². The van der Waals surface area contributed by atoms with Crippen molar-refractivity contribution >= 4 is 17.7 Å². The summed E-state index contributed by atoms with van der Waals surface area (Å²) < 4.78 is 10.1. The van der Waals surface area contributed by atoms with Gasteiger partial charge in [-0.05, 0) is 56.8 Å². The molecular weight excluding hydrogens is 382 g/mol. The van der Waals surface area contributed by atoms with E-state index in [4.69, 9.17) is 9.47 Å². The summed E-state index contributed by atoms with van der Waals surface area (Å²) in [6, 6.07) is 8.69. The predicted molar refractivity (Wildman–Crippen MR) is 115 cm³/mol. The van der Waals surface area contributed by atoms with Gasteiger partial charge in [0.2, 0.25) is 5.91 Å². The van der Waals surface area contributed by atoms with E-state index in [2.05, 4.69) is 21.6 Å². The Morgan fingerprint density at radius 3 is 2.77 bits per heavy atom. The summed E-state index contributed by atoms with van der Waals surface area (Å²) in [5.41, 5.74) is 1.76. The summed E-state index contributed by atoms with van der Waals surface area (Å²) >= 11 is 0. The minimum absolute atomic E-state index is 0.138. The number of likely N-dealkylation sites (tertiary alicyclic amines) is 1. The van der Waals surface area contributed by atoms with Crippen molar-refractivity contribution in [1.29, 1.82) is 0 Å². The Kier molecular flexibility index (Phi) is 6.58. The lowest BCUT2D eigenvalue weighted by molar-refractivity contribution is -0.122. The number of carbonyl (C=O) groups is 2. The van der Waals surface area contributed by atoms with Crippen LogP contribution in [-0.4, -0.2) is 62.4 Å². The van der Waals surface area contributed by atoms with Gasteiger partial charge in [0.25, 0.3) is 0 Å². The molecule has 4 rings (SSSR count). The first kappa shape index (κ1) is 21.1. The molecule has 1 saturated heterocycles. The zero-order valence-corrected chi connectivity index (χ0v) is 17.8. The minimum Gasteiger partial charge on any atom is -0.447 e. The van der Waals surface area contributed by atoms with Gasteiger partial charge < -0.3 is 25.0 Å². The second-order valence-electron chi connectivity index (χ2n) is 8.76. The lowest BCUT2D eigenvalue weighted by Gasteiger charge is -2.42. The van der Waals surface area contributed by atoms with E-state index in [1.54, 1.807) is 7.11 Å². The number of fused-ring (bicyclic) bond motifs is 2. The van der Waals surface area contributed by atoms with Crippen molar-refractivity contribution < 1.29 is 19.1 Å². The number of anilines is 1. The van der Waals surface area contributed by atoms with Crippen LogP contribution in [0.5, 0.6) is 0 Å². The van der Waals surface area contributed by atoms with E-state index < -0.39 is 0 Å². The van der Waals surface area contributed by atoms with Crippen LogP contribution in [0.3, 0.4) is 0 Å². The van der Waals surface area contributed by atoms with Gasteiger partial charge >= 0.3 is 6.09 Å². The van der Waals surface area contributed by atoms with Gasteiger partial charge in [-0.3, -0.25) is 4.79 Å². The molecule has 30 heavy (non-hydrogen) atoms. The molecule has 0 bridgehead atoms. The van der Waals surface area contributed by atoms with Crippen LogP contribution in [0.2, 0.25) is 0 Å². The fourth-order valence-electron chi connectivity index (χ4n) is 5.36. The molecule has 0 aromatic heterocycles. The van der Waals surface area contributed by atoms with Gasteiger partial charge in [-0.15, -0.1) is 0 Å². The zero-order chi connectivity index (χ0) is 21.0. The van der Waals surface area contributed by atoms with Crippen LogP contribution in [0, 0.1) is 0 Å². The van der Waals surface area contributed by atoms with Gasteiger partial charge in [-0.2, -0.15) is 0 Å². The zero-order valence-electron chi connectivity index (χ0n) is 17.8. The minimum atomic E-state index is -0.374. The number of hydrogen-bond acceptors (Lipinski definition) is 5. The molecule has 1 spiro atoms. The van der Waals surface area contributed by atoms with Crippen LogP contribution in [0.15, 0.2) is 24.3 Å². The number of rotatable bonds is 5. The van der Waals surface area contributed by atoms with Crippen LogP contribution < -0.4 is 10.6 Å². The van der Waals surface area contributed by atoms with Gasteiger partial charge in [0.1, 0.15) is 6.61 Å². The van der Waals surface area contributed by atoms with Crippen molar-refractivity contribution in [2.45, 2.75) is 62.4 Å². The number of alkyl carbamates (subject to hydrolysis) is 1. The summed E-state index contributed by atoms with van der Waals surface area (Å²) in [4.78, 5) is 27.4. The molecule has 7 heteroatoms. The van der Waals surface area contributed by atoms with Crippen molar-refractivity contribution in [3.05, 3.63) is 29.8 Å². The number of hydrogen-bond donors (Lipinski definition) is 2. The summed E-state index contributed by atoms with van der Waals surface area (Å²) in [5.74, 6) is 0.155. The summed E-state index contributed by atoms with van der Waals surface area (Å²) in [7, 11) is 1.59. The Hall–Kier alpha value is -2.12. The fraction of sp³-hybridized carbons (Fsp3) is 0.652. The molecule has 164 valence electrons. The summed E-state index contributed by atoms with van der Waals surface area (Å²) in [6.07, 6.45) is 6.72. The van der Waals surface area contributed by atoms with Crippen molar-refractivity contribution in [1.82, 2.24) is 10.2 Å².